The molecule has 0 bridgehead atoms. The van der Waals surface area contributed by atoms with Crippen LogP contribution < -0.4 is 10.6 Å². The number of nitrogens with one attached hydrogen (secondary N) is 2. The molecule has 1 aromatic carbocycles. The van der Waals surface area contributed by atoms with Crippen molar-refractivity contribution in [1.82, 2.24) is 10.6 Å². The molecule has 22 heavy (non-hydrogen) atoms. The van der Waals surface area contributed by atoms with Crippen molar-refractivity contribution in [3.8, 4) is 0 Å². The maximum Gasteiger partial charge on any atom is 0.338 e. The van der Waals surface area contributed by atoms with Crippen LogP contribution >= 0.6 is 0 Å². The maximum atomic E-state index is 14.0. The van der Waals surface area contributed by atoms with Gasteiger partial charge in [-0.25, -0.2) is 14.0 Å². The van der Waals surface area contributed by atoms with E-state index >= 15 is 0 Å². The van der Waals surface area contributed by atoms with Crippen molar-refractivity contribution in [2.24, 2.45) is 5.92 Å². The highest BCUT2D eigenvalue weighted by molar-refractivity contribution is 5.95. The van der Waals surface area contributed by atoms with E-state index in [-0.39, 0.29) is 23.7 Å². The zero-order valence-corrected chi connectivity index (χ0v) is 12.8. The maximum absolute atomic E-state index is 14.0. The average Bonchev–Trinajstić information content (AvgIpc) is 2.44. The van der Waals surface area contributed by atoms with Crippen LogP contribution in [-0.2, 0) is 9.53 Å². The van der Waals surface area contributed by atoms with Gasteiger partial charge in [-0.2, -0.15) is 0 Å². The predicted octanol–water partition coefficient (Wildman–Crippen LogP) is 2.65. The van der Waals surface area contributed by atoms with E-state index in [1.807, 2.05) is 13.8 Å². The summed E-state index contributed by atoms with van der Waals surface area (Å²) in [5.41, 5.74) is 0.810. The molecular formula is C16H19FN2O3. The SMILES string of the molecule is CC1=C(C(=O)OCC(C)C)C(c2ccccc2F)NC(=O)N1. The minimum absolute atomic E-state index is 0.183. The van der Waals surface area contributed by atoms with Gasteiger partial charge in [0.25, 0.3) is 0 Å². The minimum Gasteiger partial charge on any atom is -0.462 e. The van der Waals surface area contributed by atoms with Crippen molar-refractivity contribution in [3.63, 3.8) is 0 Å². The molecule has 0 aromatic heterocycles. The zero-order chi connectivity index (χ0) is 16.3. The van der Waals surface area contributed by atoms with E-state index in [1.54, 1.807) is 19.1 Å². The molecule has 1 heterocycles. The Morgan fingerprint density at radius 3 is 2.68 bits per heavy atom. The number of amides is 2. The number of hydrogen-bond acceptors (Lipinski definition) is 3. The lowest BCUT2D eigenvalue weighted by molar-refractivity contribution is -0.140. The van der Waals surface area contributed by atoms with Crippen LogP contribution in [0.3, 0.4) is 0 Å². The van der Waals surface area contributed by atoms with Gasteiger partial charge in [0.05, 0.1) is 18.2 Å². The first-order chi connectivity index (χ1) is 10.4. The fraction of sp³-hybridized carbons (Fsp3) is 0.375. The number of halogens is 1. The number of allylic oxidation sites excluding steroid dienone is 1. The summed E-state index contributed by atoms with van der Waals surface area (Å²) in [4.78, 5) is 24.0. The van der Waals surface area contributed by atoms with E-state index in [0.29, 0.717) is 5.70 Å². The summed E-state index contributed by atoms with van der Waals surface area (Å²) in [5.74, 6) is -0.869. The van der Waals surface area contributed by atoms with E-state index in [9.17, 15) is 14.0 Å². The molecule has 118 valence electrons. The van der Waals surface area contributed by atoms with Crippen LogP contribution in [0.4, 0.5) is 9.18 Å². The molecule has 1 unspecified atom stereocenters. The first kappa shape index (κ1) is 16.0. The molecule has 0 saturated carbocycles. The molecule has 5 nitrogen and oxygen atoms in total. The first-order valence-corrected chi connectivity index (χ1v) is 7.10. The van der Waals surface area contributed by atoms with Gasteiger partial charge in [-0.1, -0.05) is 32.0 Å². The summed E-state index contributed by atoms with van der Waals surface area (Å²) in [6.07, 6.45) is 0. The minimum atomic E-state index is -0.866. The highest BCUT2D eigenvalue weighted by Crippen LogP contribution is 2.29. The van der Waals surface area contributed by atoms with Crippen LogP contribution in [0.1, 0.15) is 32.4 Å². The molecule has 0 radical (unpaired) electrons. The van der Waals surface area contributed by atoms with Crippen molar-refractivity contribution >= 4 is 12.0 Å². The molecule has 1 atom stereocenters. The highest BCUT2D eigenvalue weighted by atomic mass is 19.1. The van der Waals surface area contributed by atoms with Gasteiger partial charge in [0.15, 0.2) is 0 Å². The molecule has 1 aliphatic heterocycles. The zero-order valence-electron chi connectivity index (χ0n) is 12.8. The summed E-state index contributed by atoms with van der Waals surface area (Å²) in [5, 5.41) is 5.10. The van der Waals surface area contributed by atoms with Gasteiger partial charge in [-0.15, -0.1) is 0 Å². The lowest BCUT2D eigenvalue weighted by atomic mass is 9.95. The van der Waals surface area contributed by atoms with Crippen LogP contribution in [0.5, 0.6) is 0 Å². The van der Waals surface area contributed by atoms with E-state index in [1.165, 1.54) is 12.1 Å². The monoisotopic (exact) mass is 306 g/mol. The molecule has 1 aromatic rings. The Morgan fingerprint density at radius 2 is 2.05 bits per heavy atom. The third kappa shape index (κ3) is 3.44. The fourth-order valence-electron chi connectivity index (χ4n) is 2.23. The van der Waals surface area contributed by atoms with Crippen LogP contribution in [-0.4, -0.2) is 18.6 Å². The molecule has 0 fully saturated rings. The summed E-state index contributed by atoms with van der Waals surface area (Å²) in [6, 6.07) is 4.68. The predicted molar refractivity (Wildman–Crippen MR) is 79.3 cm³/mol. The van der Waals surface area contributed by atoms with Gasteiger partial charge < -0.3 is 15.4 Å². The Hall–Kier alpha value is -2.37. The third-order valence-electron chi connectivity index (χ3n) is 3.25. The number of benzene rings is 1. The normalized spacial score (nSPS) is 18.0. The Morgan fingerprint density at radius 1 is 1.36 bits per heavy atom. The van der Waals surface area contributed by atoms with E-state index in [0.717, 1.165) is 0 Å². The van der Waals surface area contributed by atoms with E-state index < -0.39 is 23.9 Å². The molecule has 2 rings (SSSR count). The second kappa shape index (κ2) is 6.60. The Bertz CT molecular complexity index is 626. The molecule has 0 aliphatic carbocycles. The summed E-state index contributed by atoms with van der Waals surface area (Å²) >= 11 is 0. The number of rotatable bonds is 4. The van der Waals surface area contributed by atoms with Crippen molar-refractivity contribution < 1.29 is 18.7 Å². The molecule has 6 heteroatoms. The Kier molecular flexibility index (Phi) is 4.80. The smallest absolute Gasteiger partial charge is 0.338 e. The topological polar surface area (TPSA) is 67.4 Å². The first-order valence-electron chi connectivity index (χ1n) is 7.10. The summed E-state index contributed by atoms with van der Waals surface area (Å²) < 4.78 is 19.3. The van der Waals surface area contributed by atoms with Crippen LogP contribution in [0.15, 0.2) is 35.5 Å². The quantitative estimate of drug-likeness (QED) is 0.840. The van der Waals surface area contributed by atoms with Gasteiger partial charge in [-0.05, 0) is 18.9 Å². The summed E-state index contributed by atoms with van der Waals surface area (Å²) in [6.45, 7) is 5.69. The van der Waals surface area contributed by atoms with E-state index in [2.05, 4.69) is 10.6 Å². The average molecular weight is 306 g/mol. The van der Waals surface area contributed by atoms with Crippen molar-refractivity contribution in [2.75, 3.05) is 6.61 Å². The van der Waals surface area contributed by atoms with Crippen LogP contribution in [0.2, 0.25) is 0 Å². The van der Waals surface area contributed by atoms with Crippen molar-refractivity contribution in [2.45, 2.75) is 26.8 Å². The lowest BCUT2D eigenvalue weighted by Crippen LogP contribution is -2.45. The third-order valence-corrected chi connectivity index (χ3v) is 3.25. The number of carbonyl (C=O) groups is 2. The number of esters is 1. The van der Waals surface area contributed by atoms with Gasteiger partial charge >= 0.3 is 12.0 Å². The van der Waals surface area contributed by atoms with Crippen LogP contribution in [0, 0.1) is 11.7 Å². The van der Waals surface area contributed by atoms with Gasteiger partial charge in [0.2, 0.25) is 0 Å². The number of hydrogen-bond donors (Lipinski definition) is 2. The second-order valence-electron chi connectivity index (χ2n) is 5.58. The van der Waals surface area contributed by atoms with Crippen molar-refractivity contribution in [3.05, 3.63) is 46.9 Å². The van der Waals surface area contributed by atoms with Gasteiger partial charge in [-0.3, -0.25) is 0 Å². The van der Waals surface area contributed by atoms with Gasteiger partial charge in [0, 0.05) is 11.3 Å². The Labute approximate surface area is 128 Å². The lowest BCUT2D eigenvalue weighted by Gasteiger charge is -2.28. The number of carbonyl (C=O) groups excluding carboxylic acids is 2. The van der Waals surface area contributed by atoms with Crippen LogP contribution in [0.25, 0.3) is 0 Å². The highest BCUT2D eigenvalue weighted by Gasteiger charge is 2.33. The number of ether oxygens (including phenoxy) is 1. The van der Waals surface area contributed by atoms with Crippen molar-refractivity contribution in [1.29, 1.82) is 0 Å². The Balaban J connectivity index is 2.37. The fourth-order valence-corrected chi connectivity index (χ4v) is 2.23. The molecular weight excluding hydrogens is 287 g/mol. The molecule has 1 aliphatic rings. The standard InChI is InChI=1S/C16H19FN2O3/c1-9(2)8-22-15(20)13-10(3)18-16(21)19-14(13)11-6-4-5-7-12(11)17/h4-7,9,14H,8H2,1-3H3,(H2,18,19,21). The van der Waals surface area contributed by atoms with E-state index in [4.69, 9.17) is 4.74 Å². The molecule has 2 amide bonds. The molecule has 2 N–H and O–H groups in total. The molecule has 0 spiro atoms. The molecule has 0 saturated heterocycles. The summed E-state index contributed by atoms with van der Waals surface area (Å²) in [7, 11) is 0. The van der Waals surface area contributed by atoms with Gasteiger partial charge in [0.1, 0.15) is 5.82 Å². The number of urea groups is 1. The second-order valence-corrected chi connectivity index (χ2v) is 5.58. The largest absolute Gasteiger partial charge is 0.462 e.